The van der Waals surface area contributed by atoms with Gasteiger partial charge < -0.3 is 9.67 Å². The summed E-state index contributed by atoms with van der Waals surface area (Å²) in [6.45, 7) is 0. The molecule has 100 valence electrons. The predicted molar refractivity (Wildman–Crippen MR) is 75.8 cm³/mol. The summed E-state index contributed by atoms with van der Waals surface area (Å²) in [5.74, 6) is 0.701. The van der Waals surface area contributed by atoms with E-state index >= 15 is 0 Å². The van der Waals surface area contributed by atoms with E-state index in [2.05, 4.69) is 32.2 Å². The smallest absolute Gasteiger partial charge is 0.143 e. The second-order valence-corrected chi connectivity index (χ2v) is 6.16. The lowest BCUT2D eigenvalue weighted by atomic mass is 9.68. The topological polar surface area (TPSA) is 50.9 Å². The number of hydrogen-bond donors (Lipinski definition) is 1. The molecule has 2 aromatic rings. The fourth-order valence-electron chi connectivity index (χ4n) is 2.77. The van der Waals surface area contributed by atoms with Gasteiger partial charge in [0.2, 0.25) is 0 Å². The number of aliphatic hydroxyl groups is 1. The van der Waals surface area contributed by atoms with E-state index in [-0.39, 0.29) is 5.92 Å². The number of rotatable bonds is 3. The maximum Gasteiger partial charge on any atom is 0.143 e. The summed E-state index contributed by atoms with van der Waals surface area (Å²) in [6.07, 6.45) is 4.38. The summed E-state index contributed by atoms with van der Waals surface area (Å²) < 4.78 is 2.90. The first-order valence-electron chi connectivity index (χ1n) is 6.42. The van der Waals surface area contributed by atoms with Crippen molar-refractivity contribution in [2.45, 2.75) is 30.8 Å². The van der Waals surface area contributed by atoms with E-state index < -0.39 is 5.60 Å². The molecule has 3 rings (SSSR count). The van der Waals surface area contributed by atoms with Gasteiger partial charge in [-0.05, 0) is 37.0 Å². The highest BCUT2D eigenvalue weighted by atomic mass is 79.9. The molecule has 4 nitrogen and oxygen atoms in total. The molecule has 1 heterocycles. The summed E-state index contributed by atoms with van der Waals surface area (Å²) in [6, 6.07) is 8.07. The highest BCUT2D eigenvalue weighted by Crippen LogP contribution is 2.46. The average Bonchev–Trinajstić information content (AvgIpc) is 2.74. The fourth-order valence-corrected chi connectivity index (χ4v) is 3.18. The molecule has 1 aliphatic carbocycles. The van der Waals surface area contributed by atoms with E-state index in [9.17, 15) is 5.11 Å². The van der Waals surface area contributed by atoms with Crippen molar-refractivity contribution < 1.29 is 5.11 Å². The summed E-state index contributed by atoms with van der Waals surface area (Å²) in [7, 11) is 1.92. The van der Waals surface area contributed by atoms with Crippen LogP contribution in [0.15, 0.2) is 35.1 Å². The number of aromatic nitrogens is 3. The molecular formula is C14H16BrN3O. The Kier molecular flexibility index (Phi) is 3.19. The number of hydrogen-bond acceptors (Lipinski definition) is 3. The van der Waals surface area contributed by atoms with Crippen LogP contribution in [0.2, 0.25) is 0 Å². The molecule has 0 amide bonds. The van der Waals surface area contributed by atoms with Crippen LogP contribution in [-0.2, 0) is 7.05 Å². The normalized spacial score (nSPS) is 18.9. The lowest BCUT2D eigenvalue weighted by Gasteiger charge is -2.42. The molecule has 0 radical (unpaired) electrons. The maximum absolute atomic E-state index is 10.8. The lowest BCUT2D eigenvalue weighted by Crippen LogP contribution is -2.44. The molecule has 0 spiro atoms. The van der Waals surface area contributed by atoms with Crippen molar-refractivity contribution in [3.05, 3.63) is 46.5 Å². The minimum absolute atomic E-state index is 0.119. The van der Waals surface area contributed by atoms with Crippen LogP contribution in [0.1, 0.15) is 36.6 Å². The lowest BCUT2D eigenvalue weighted by molar-refractivity contribution is -0.0496. The van der Waals surface area contributed by atoms with Crippen LogP contribution >= 0.6 is 15.9 Å². The monoisotopic (exact) mass is 321 g/mol. The number of aryl methyl sites for hydroxylation is 1. The molecule has 1 N–H and O–H groups in total. The van der Waals surface area contributed by atoms with Crippen molar-refractivity contribution in [2.24, 2.45) is 7.05 Å². The van der Waals surface area contributed by atoms with Crippen LogP contribution in [0, 0.1) is 0 Å². The Morgan fingerprint density at radius 1 is 1.42 bits per heavy atom. The number of nitrogens with zero attached hydrogens (tertiary/aromatic N) is 3. The second-order valence-electron chi connectivity index (χ2n) is 5.25. The Hall–Kier alpha value is -1.20. The van der Waals surface area contributed by atoms with Gasteiger partial charge in [-0.1, -0.05) is 28.1 Å². The molecular weight excluding hydrogens is 306 g/mol. The van der Waals surface area contributed by atoms with Gasteiger partial charge in [-0.3, -0.25) is 0 Å². The zero-order chi connectivity index (χ0) is 13.5. The van der Waals surface area contributed by atoms with Crippen molar-refractivity contribution in [2.75, 3.05) is 0 Å². The van der Waals surface area contributed by atoms with Gasteiger partial charge in [0.15, 0.2) is 0 Å². The molecule has 1 aromatic heterocycles. The summed E-state index contributed by atoms with van der Waals surface area (Å²) in [4.78, 5) is 0. The molecule has 0 saturated heterocycles. The first-order chi connectivity index (χ1) is 9.10. The van der Waals surface area contributed by atoms with Crippen LogP contribution < -0.4 is 0 Å². The Morgan fingerprint density at radius 2 is 2.21 bits per heavy atom. The van der Waals surface area contributed by atoms with E-state index in [1.165, 1.54) is 0 Å². The highest BCUT2D eigenvalue weighted by Gasteiger charge is 2.45. The van der Waals surface area contributed by atoms with Gasteiger partial charge in [-0.2, -0.15) is 0 Å². The molecule has 0 bridgehead atoms. The Labute approximate surface area is 120 Å². The highest BCUT2D eigenvalue weighted by molar-refractivity contribution is 9.10. The first-order valence-corrected chi connectivity index (χ1v) is 7.21. The number of halogens is 1. The molecule has 19 heavy (non-hydrogen) atoms. The third kappa shape index (κ3) is 2.21. The van der Waals surface area contributed by atoms with E-state index in [1.54, 1.807) is 6.33 Å². The van der Waals surface area contributed by atoms with Gasteiger partial charge in [0.05, 0.1) is 11.5 Å². The Morgan fingerprint density at radius 3 is 2.74 bits per heavy atom. The summed E-state index contributed by atoms with van der Waals surface area (Å²) in [5, 5.41) is 19.0. The van der Waals surface area contributed by atoms with E-state index in [0.29, 0.717) is 0 Å². The van der Waals surface area contributed by atoms with Gasteiger partial charge >= 0.3 is 0 Å². The zero-order valence-corrected chi connectivity index (χ0v) is 12.3. The molecule has 1 unspecified atom stereocenters. The van der Waals surface area contributed by atoms with Crippen LogP contribution in [0.4, 0.5) is 0 Å². The standard InChI is InChI=1S/C14H16BrN3O/c1-18-9-16-17-13(18)12(14(19)6-3-7-14)10-4-2-5-11(15)8-10/h2,4-5,8-9,12,19H,3,6-7H2,1H3. The van der Waals surface area contributed by atoms with E-state index in [4.69, 9.17) is 0 Å². The molecule has 1 atom stereocenters. The van der Waals surface area contributed by atoms with Crippen molar-refractivity contribution in [3.8, 4) is 0 Å². The molecule has 1 fully saturated rings. The summed E-state index contributed by atoms with van der Waals surface area (Å²) >= 11 is 3.49. The van der Waals surface area contributed by atoms with E-state index in [0.717, 1.165) is 35.1 Å². The SMILES string of the molecule is Cn1cnnc1C(c1cccc(Br)c1)C1(O)CCC1. The van der Waals surface area contributed by atoms with Crippen molar-refractivity contribution in [1.82, 2.24) is 14.8 Å². The van der Waals surface area contributed by atoms with Crippen LogP contribution in [-0.4, -0.2) is 25.5 Å². The van der Waals surface area contributed by atoms with Gasteiger partial charge in [0.1, 0.15) is 12.2 Å². The van der Waals surface area contributed by atoms with Gasteiger partial charge in [-0.25, -0.2) is 0 Å². The number of benzene rings is 1. The van der Waals surface area contributed by atoms with Crippen molar-refractivity contribution in [1.29, 1.82) is 0 Å². The first kappa shape index (κ1) is 12.8. The molecule has 1 aromatic carbocycles. The third-order valence-electron chi connectivity index (χ3n) is 3.94. The third-order valence-corrected chi connectivity index (χ3v) is 4.44. The predicted octanol–water partition coefficient (Wildman–Crippen LogP) is 2.62. The molecule has 1 aliphatic rings. The average molecular weight is 322 g/mol. The van der Waals surface area contributed by atoms with E-state index in [1.807, 2.05) is 29.8 Å². The van der Waals surface area contributed by atoms with Crippen molar-refractivity contribution in [3.63, 3.8) is 0 Å². The van der Waals surface area contributed by atoms with Gasteiger partial charge in [0, 0.05) is 11.5 Å². The van der Waals surface area contributed by atoms with Crippen molar-refractivity contribution >= 4 is 15.9 Å². The summed E-state index contributed by atoms with van der Waals surface area (Å²) in [5.41, 5.74) is 0.384. The molecule has 0 aliphatic heterocycles. The molecule has 5 heteroatoms. The molecule has 1 saturated carbocycles. The second kappa shape index (κ2) is 4.72. The fraction of sp³-hybridized carbons (Fsp3) is 0.429. The van der Waals surface area contributed by atoms with Crippen LogP contribution in [0.3, 0.4) is 0 Å². The minimum atomic E-state index is -0.693. The van der Waals surface area contributed by atoms with Crippen LogP contribution in [0.25, 0.3) is 0 Å². The van der Waals surface area contributed by atoms with Gasteiger partial charge in [-0.15, -0.1) is 10.2 Å². The van der Waals surface area contributed by atoms with Crippen LogP contribution in [0.5, 0.6) is 0 Å². The Balaban J connectivity index is 2.09. The Bertz CT molecular complexity index is 592. The van der Waals surface area contributed by atoms with Gasteiger partial charge in [0.25, 0.3) is 0 Å². The zero-order valence-electron chi connectivity index (χ0n) is 10.8. The quantitative estimate of drug-likeness (QED) is 0.945. The minimum Gasteiger partial charge on any atom is -0.389 e. The largest absolute Gasteiger partial charge is 0.389 e. The maximum atomic E-state index is 10.8.